The minimum Gasteiger partial charge on any atom is -0.383 e. The molecule has 1 atom stereocenters. The van der Waals surface area contributed by atoms with Crippen LogP contribution in [0.5, 0.6) is 0 Å². The van der Waals surface area contributed by atoms with Gasteiger partial charge in [-0.1, -0.05) is 6.07 Å². The molecule has 0 aliphatic carbocycles. The summed E-state index contributed by atoms with van der Waals surface area (Å²) in [5, 5.41) is 11.0. The van der Waals surface area contributed by atoms with E-state index in [1.165, 1.54) is 0 Å². The van der Waals surface area contributed by atoms with Crippen LogP contribution >= 0.6 is 0 Å². The van der Waals surface area contributed by atoms with E-state index in [2.05, 4.69) is 20.5 Å². The monoisotopic (exact) mass is 342 g/mol. The molecule has 0 aromatic carbocycles. The molecule has 3 rings (SSSR count). The summed E-state index contributed by atoms with van der Waals surface area (Å²) in [7, 11) is 1.65. The number of imidazole rings is 1. The molecule has 3 heterocycles. The van der Waals surface area contributed by atoms with Crippen molar-refractivity contribution in [2.45, 2.75) is 32.9 Å². The Labute approximate surface area is 145 Å². The number of amides is 1. The van der Waals surface area contributed by atoms with Crippen molar-refractivity contribution >= 4 is 11.6 Å². The minimum absolute atomic E-state index is 0.0860. The SMILES string of the molecule is COCCn1cnnc1[C@@H](C)NC(=O)Cc1cnc2c(C)cccn12. The lowest BCUT2D eigenvalue weighted by molar-refractivity contribution is -0.121. The van der Waals surface area contributed by atoms with Crippen LogP contribution < -0.4 is 5.32 Å². The van der Waals surface area contributed by atoms with Crippen molar-refractivity contribution in [2.24, 2.45) is 0 Å². The molecule has 0 fully saturated rings. The first-order chi connectivity index (χ1) is 12.1. The van der Waals surface area contributed by atoms with Crippen molar-refractivity contribution in [3.05, 3.63) is 47.9 Å². The van der Waals surface area contributed by atoms with Crippen LogP contribution in [0.2, 0.25) is 0 Å². The van der Waals surface area contributed by atoms with Crippen LogP contribution in [-0.4, -0.2) is 43.8 Å². The largest absolute Gasteiger partial charge is 0.383 e. The third-order valence-electron chi connectivity index (χ3n) is 4.10. The van der Waals surface area contributed by atoms with Crippen molar-refractivity contribution in [3.8, 4) is 0 Å². The molecule has 8 nitrogen and oxygen atoms in total. The molecule has 3 aromatic rings. The fourth-order valence-electron chi connectivity index (χ4n) is 2.82. The molecule has 0 radical (unpaired) electrons. The van der Waals surface area contributed by atoms with Crippen LogP contribution in [-0.2, 0) is 22.5 Å². The molecule has 1 N–H and O–H groups in total. The second-order valence-corrected chi connectivity index (χ2v) is 5.98. The molecule has 25 heavy (non-hydrogen) atoms. The number of fused-ring (bicyclic) bond motifs is 1. The van der Waals surface area contributed by atoms with Crippen LogP contribution in [0.4, 0.5) is 0 Å². The Morgan fingerprint density at radius 3 is 3.08 bits per heavy atom. The van der Waals surface area contributed by atoms with Gasteiger partial charge in [0.05, 0.1) is 24.8 Å². The predicted octanol–water partition coefficient (Wildman–Crippen LogP) is 1.30. The zero-order chi connectivity index (χ0) is 17.8. The van der Waals surface area contributed by atoms with Crippen molar-refractivity contribution in [1.82, 2.24) is 29.5 Å². The minimum atomic E-state index is -0.243. The van der Waals surface area contributed by atoms with Crippen molar-refractivity contribution in [3.63, 3.8) is 0 Å². The van der Waals surface area contributed by atoms with E-state index in [1.807, 2.05) is 41.1 Å². The molecule has 0 bridgehead atoms. The average Bonchev–Trinajstić information content (AvgIpc) is 3.21. The number of carbonyl (C=O) groups is 1. The highest BCUT2D eigenvalue weighted by atomic mass is 16.5. The Hall–Kier alpha value is -2.74. The van der Waals surface area contributed by atoms with Crippen LogP contribution in [0.25, 0.3) is 5.65 Å². The highest BCUT2D eigenvalue weighted by molar-refractivity contribution is 5.78. The molecular weight excluding hydrogens is 320 g/mol. The molecule has 8 heteroatoms. The summed E-state index contributed by atoms with van der Waals surface area (Å²) in [5.41, 5.74) is 2.80. The molecule has 0 saturated carbocycles. The van der Waals surface area contributed by atoms with Gasteiger partial charge in [0.1, 0.15) is 12.0 Å². The number of ether oxygens (including phenoxy) is 1. The quantitative estimate of drug-likeness (QED) is 0.699. The van der Waals surface area contributed by atoms with E-state index in [9.17, 15) is 4.79 Å². The third-order valence-corrected chi connectivity index (χ3v) is 4.10. The normalized spacial score (nSPS) is 12.4. The number of rotatable bonds is 7. The van der Waals surface area contributed by atoms with Gasteiger partial charge in [-0.25, -0.2) is 4.98 Å². The molecule has 0 aliphatic rings. The number of methoxy groups -OCH3 is 1. The first kappa shape index (κ1) is 17.1. The summed E-state index contributed by atoms with van der Waals surface area (Å²) in [4.78, 5) is 16.8. The van der Waals surface area contributed by atoms with Gasteiger partial charge in [0.2, 0.25) is 5.91 Å². The average molecular weight is 342 g/mol. The lowest BCUT2D eigenvalue weighted by Gasteiger charge is -2.14. The number of nitrogens with one attached hydrogen (secondary N) is 1. The molecule has 0 spiro atoms. The molecule has 0 saturated heterocycles. The molecule has 0 aliphatic heterocycles. The number of aromatic nitrogens is 5. The Morgan fingerprint density at radius 2 is 2.28 bits per heavy atom. The smallest absolute Gasteiger partial charge is 0.226 e. The molecule has 0 unspecified atom stereocenters. The number of nitrogens with zero attached hydrogens (tertiary/aromatic N) is 5. The van der Waals surface area contributed by atoms with Crippen LogP contribution in [0.1, 0.15) is 30.0 Å². The lowest BCUT2D eigenvalue weighted by Crippen LogP contribution is -2.30. The molecule has 132 valence electrons. The summed E-state index contributed by atoms with van der Waals surface area (Å²) in [6, 6.07) is 3.71. The molecule has 1 amide bonds. The summed E-state index contributed by atoms with van der Waals surface area (Å²) in [6.07, 6.45) is 5.56. The summed E-state index contributed by atoms with van der Waals surface area (Å²) >= 11 is 0. The summed E-state index contributed by atoms with van der Waals surface area (Å²) in [5.74, 6) is 0.622. The maximum atomic E-state index is 12.4. The van der Waals surface area contributed by atoms with Crippen LogP contribution in [0.15, 0.2) is 30.9 Å². The van der Waals surface area contributed by atoms with E-state index < -0.39 is 0 Å². The highest BCUT2D eigenvalue weighted by Crippen LogP contribution is 2.13. The Bertz CT molecular complexity index is 869. The maximum Gasteiger partial charge on any atom is 0.226 e. The van der Waals surface area contributed by atoms with Gasteiger partial charge in [-0.2, -0.15) is 0 Å². The van der Waals surface area contributed by atoms with Gasteiger partial charge in [-0.05, 0) is 25.5 Å². The topological polar surface area (TPSA) is 86.3 Å². The van der Waals surface area contributed by atoms with Crippen molar-refractivity contribution in [1.29, 1.82) is 0 Å². The van der Waals surface area contributed by atoms with Gasteiger partial charge in [-0.15, -0.1) is 10.2 Å². The van der Waals surface area contributed by atoms with Gasteiger partial charge in [0.25, 0.3) is 0 Å². The molecular formula is C17H22N6O2. The van der Waals surface area contributed by atoms with E-state index in [0.29, 0.717) is 19.0 Å². The number of hydrogen-bond donors (Lipinski definition) is 1. The van der Waals surface area contributed by atoms with Crippen molar-refractivity contribution < 1.29 is 9.53 Å². The predicted molar refractivity (Wildman–Crippen MR) is 92.1 cm³/mol. The standard InChI is InChI=1S/C17H22N6O2/c1-12-5-4-6-23-14(10-18-16(12)23)9-15(24)20-13(2)17-21-19-11-22(17)7-8-25-3/h4-6,10-11,13H,7-9H2,1-3H3,(H,20,24)/t13-/m1/s1. The van der Waals surface area contributed by atoms with Gasteiger partial charge >= 0.3 is 0 Å². The number of aryl methyl sites for hydroxylation is 1. The fourth-order valence-corrected chi connectivity index (χ4v) is 2.82. The second-order valence-electron chi connectivity index (χ2n) is 5.98. The highest BCUT2D eigenvalue weighted by Gasteiger charge is 2.17. The van der Waals surface area contributed by atoms with Gasteiger partial charge < -0.3 is 19.0 Å². The summed E-state index contributed by atoms with van der Waals surface area (Å²) in [6.45, 7) is 5.10. The van der Waals surface area contributed by atoms with E-state index in [4.69, 9.17) is 4.74 Å². The zero-order valence-corrected chi connectivity index (χ0v) is 14.6. The van der Waals surface area contributed by atoms with Gasteiger partial charge in [0, 0.05) is 26.0 Å². The van der Waals surface area contributed by atoms with Crippen LogP contribution in [0, 0.1) is 6.92 Å². The molecule has 3 aromatic heterocycles. The first-order valence-electron chi connectivity index (χ1n) is 8.17. The number of carbonyl (C=O) groups excluding carboxylic acids is 1. The maximum absolute atomic E-state index is 12.4. The van der Waals surface area contributed by atoms with E-state index in [1.54, 1.807) is 19.6 Å². The Morgan fingerprint density at radius 1 is 1.44 bits per heavy atom. The zero-order valence-electron chi connectivity index (χ0n) is 14.6. The van der Waals surface area contributed by atoms with E-state index in [0.717, 1.165) is 16.9 Å². The van der Waals surface area contributed by atoms with E-state index in [-0.39, 0.29) is 18.4 Å². The Kier molecular flexibility index (Phi) is 5.08. The van der Waals surface area contributed by atoms with Gasteiger partial charge in [-0.3, -0.25) is 4.79 Å². The Balaban J connectivity index is 1.68. The van der Waals surface area contributed by atoms with Crippen LogP contribution in [0.3, 0.4) is 0 Å². The first-order valence-corrected chi connectivity index (χ1v) is 8.17. The fraction of sp³-hybridized carbons (Fsp3) is 0.412. The third kappa shape index (κ3) is 3.69. The number of pyridine rings is 1. The van der Waals surface area contributed by atoms with Gasteiger partial charge in [0.15, 0.2) is 5.82 Å². The van der Waals surface area contributed by atoms with Crippen molar-refractivity contribution in [2.75, 3.05) is 13.7 Å². The van der Waals surface area contributed by atoms with E-state index >= 15 is 0 Å². The number of hydrogen-bond acceptors (Lipinski definition) is 5. The summed E-state index contributed by atoms with van der Waals surface area (Å²) < 4.78 is 8.90. The lowest BCUT2D eigenvalue weighted by atomic mass is 10.2. The second kappa shape index (κ2) is 7.43.